The van der Waals surface area contributed by atoms with Crippen LogP contribution in [0.4, 0.5) is 18.0 Å². The molecule has 2 N–H and O–H groups in total. The van der Waals surface area contributed by atoms with Crippen LogP contribution < -0.4 is 16.2 Å². The summed E-state index contributed by atoms with van der Waals surface area (Å²) >= 11 is 0. The van der Waals surface area contributed by atoms with Gasteiger partial charge < -0.3 is 10.6 Å². The van der Waals surface area contributed by atoms with Crippen molar-refractivity contribution in [1.29, 1.82) is 0 Å². The third kappa shape index (κ3) is 6.28. The highest BCUT2D eigenvalue weighted by Gasteiger charge is 2.31. The standard InChI is InChI=1S/C28H27F3N6O4S/c1-17-22(24-12-13-34-36(24)3)15-23(26(39)37(17)20-7-5-6-19(14-20)28(29,30)31)25(38)33-16-18-8-10-21(11-9-18)42(4,41)35-27(40)32-2/h5-15H,16H2,1-4H3,(H,32,40)(H,33,38). The summed E-state index contributed by atoms with van der Waals surface area (Å²) < 4.78 is 59.4. The number of benzene rings is 2. The molecule has 1 unspecified atom stereocenters. The number of urea groups is 1. The molecule has 0 aliphatic rings. The first-order valence-corrected chi connectivity index (χ1v) is 14.4. The number of carbonyl (C=O) groups is 2. The number of carbonyl (C=O) groups excluding carboxylic acids is 2. The molecule has 0 aliphatic carbocycles. The Balaban J connectivity index is 1.72. The number of aryl methyl sites for hydroxylation is 1. The Labute approximate surface area is 239 Å². The summed E-state index contributed by atoms with van der Waals surface area (Å²) in [5.41, 5.74) is -0.182. The van der Waals surface area contributed by atoms with Crippen LogP contribution >= 0.6 is 0 Å². The molecule has 42 heavy (non-hydrogen) atoms. The summed E-state index contributed by atoms with van der Waals surface area (Å²) in [6.07, 6.45) is -1.79. The van der Waals surface area contributed by atoms with E-state index in [1.165, 1.54) is 54.5 Å². The second-order valence-electron chi connectivity index (χ2n) is 9.36. The van der Waals surface area contributed by atoms with E-state index < -0.39 is 39.0 Å². The van der Waals surface area contributed by atoms with Gasteiger partial charge in [0.15, 0.2) is 0 Å². The van der Waals surface area contributed by atoms with Crippen LogP contribution in [0.1, 0.15) is 27.2 Å². The maximum Gasteiger partial charge on any atom is 0.416 e. The first kappa shape index (κ1) is 30.2. The molecule has 0 aliphatic heterocycles. The molecule has 14 heteroatoms. The summed E-state index contributed by atoms with van der Waals surface area (Å²) in [6, 6.07) is 12.9. The van der Waals surface area contributed by atoms with E-state index in [4.69, 9.17) is 0 Å². The molecule has 4 rings (SSSR count). The van der Waals surface area contributed by atoms with Gasteiger partial charge in [-0.2, -0.15) is 18.3 Å². The molecule has 3 amide bonds. The average molecular weight is 601 g/mol. The molecular formula is C28H27F3N6O4S. The van der Waals surface area contributed by atoms with Crippen molar-refractivity contribution in [2.75, 3.05) is 13.3 Å². The van der Waals surface area contributed by atoms with Crippen LogP contribution in [0.25, 0.3) is 16.9 Å². The van der Waals surface area contributed by atoms with E-state index in [2.05, 4.69) is 20.1 Å². The maximum atomic E-state index is 13.6. The number of hydrogen-bond acceptors (Lipinski definition) is 5. The quantitative estimate of drug-likeness (QED) is 0.341. The zero-order chi connectivity index (χ0) is 30.8. The molecule has 4 aromatic rings. The van der Waals surface area contributed by atoms with Gasteiger partial charge in [-0.1, -0.05) is 18.2 Å². The Morgan fingerprint density at radius 1 is 1.07 bits per heavy atom. The third-order valence-corrected chi connectivity index (χ3v) is 8.17. The first-order valence-electron chi connectivity index (χ1n) is 12.5. The number of nitrogens with zero attached hydrogens (tertiary/aromatic N) is 4. The number of alkyl halides is 3. The first-order chi connectivity index (χ1) is 19.7. The molecule has 1 atom stereocenters. The molecule has 2 aromatic heterocycles. The van der Waals surface area contributed by atoms with E-state index in [9.17, 15) is 31.8 Å². The van der Waals surface area contributed by atoms with Gasteiger partial charge in [0.05, 0.1) is 21.0 Å². The minimum Gasteiger partial charge on any atom is -0.348 e. The zero-order valence-electron chi connectivity index (χ0n) is 23.0. The summed E-state index contributed by atoms with van der Waals surface area (Å²) in [6.45, 7) is 1.56. The number of amides is 3. The number of rotatable bonds is 6. The minimum atomic E-state index is -4.63. The predicted octanol–water partition coefficient (Wildman–Crippen LogP) is 4.29. The Bertz CT molecular complexity index is 1850. The van der Waals surface area contributed by atoms with Crippen LogP contribution in [-0.2, 0) is 29.5 Å². The van der Waals surface area contributed by atoms with Gasteiger partial charge >= 0.3 is 12.2 Å². The molecule has 0 saturated carbocycles. The Morgan fingerprint density at radius 2 is 1.76 bits per heavy atom. The van der Waals surface area contributed by atoms with Gasteiger partial charge in [-0.15, -0.1) is 4.36 Å². The summed E-state index contributed by atoms with van der Waals surface area (Å²) in [4.78, 5) is 38.8. The number of nitrogens with one attached hydrogen (secondary N) is 2. The molecule has 0 fully saturated rings. The van der Waals surface area contributed by atoms with Gasteiger partial charge in [-0.3, -0.25) is 18.8 Å². The number of hydrogen-bond donors (Lipinski definition) is 2. The van der Waals surface area contributed by atoms with Gasteiger partial charge in [-0.05, 0) is 55.0 Å². The van der Waals surface area contributed by atoms with Crippen LogP contribution in [0.5, 0.6) is 0 Å². The van der Waals surface area contributed by atoms with Crippen molar-refractivity contribution in [3.8, 4) is 16.9 Å². The van der Waals surface area contributed by atoms with Gasteiger partial charge in [0.1, 0.15) is 5.56 Å². The van der Waals surface area contributed by atoms with Crippen LogP contribution in [0.15, 0.2) is 80.9 Å². The molecule has 0 bridgehead atoms. The molecule has 0 radical (unpaired) electrons. The summed E-state index contributed by atoms with van der Waals surface area (Å²) in [5.74, 6) is -0.748. The van der Waals surface area contributed by atoms with Gasteiger partial charge in [0.2, 0.25) is 0 Å². The molecule has 220 valence electrons. The lowest BCUT2D eigenvalue weighted by Crippen LogP contribution is -2.33. The van der Waals surface area contributed by atoms with Crippen LogP contribution in [0.2, 0.25) is 0 Å². The summed E-state index contributed by atoms with van der Waals surface area (Å²) in [7, 11) is 0.0398. The van der Waals surface area contributed by atoms with E-state index in [0.717, 1.165) is 16.7 Å². The van der Waals surface area contributed by atoms with Crippen LogP contribution in [0.3, 0.4) is 0 Å². The molecule has 0 saturated heterocycles. The highest BCUT2D eigenvalue weighted by Crippen LogP contribution is 2.31. The van der Waals surface area contributed by atoms with E-state index in [1.54, 1.807) is 32.2 Å². The van der Waals surface area contributed by atoms with E-state index in [-0.39, 0.29) is 17.8 Å². The highest BCUT2D eigenvalue weighted by atomic mass is 32.2. The Kier molecular flexibility index (Phi) is 8.38. The minimum absolute atomic E-state index is 0.0193. The maximum absolute atomic E-state index is 13.6. The van der Waals surface area contributed by atoms with E-state index >= 15 is 0 Å². The van der Waals surface area contributed by atoms with Crippen molar-refractivity contribution < 1.29 is 27.0 Å². The van der Waals surface area contributed by atoms with Gasteiger partial charge in [-0.25, -0.2) is 9.00 Å². The molecule has 10 nitrogen and oxygen atoms in total. The molecule has 2 aromatic carbocycles. The smallest absolute Gasteiger partial charge is 0.348 e. The van der Waals surface area contributed by atoms with Crippen LogP contribution in [-0.4, -0.2) is 43.8 Å². The second-order valence-corrected chi connectivity index (χ2v) is 11.6. The molecular weight excluding hydrogens is 573 g/mol. The van der Waals surface area contributed by atoms with Crippen molar-refractivity contribution in [2.45, 2.75) is 24.5 Å². The Morgan fingerprint density at radius 3 is 2.36 bits per heavy atom. The zero-order valence-corrected chi connectivity index (χ0v) is 23.8. The number of halogens is 3. The highest BCUT2D eigenvalue weighted by molar-refractivity contribution is 7.93. The van der Waals surface area contributed by atoms with Crippen LogP contribution in [0, 0.1) is 6.92 Å². The van der Waals surface area contributed by atoms with E-state index in [1.807, 2.05) is 0 Å². The number of pyridine rings is 1. The SMILES string of the molecule is CNC(=O)N=S(C)(=O)c1ccc(CNC(=O)c2cc(-c3ccnn3C)c(C)n(-c3cccc(C(F)(F)F)c3)c2=O)cc1. The van der Waals surface area contributed by atoms with Crippen molar-refractivity contribution >= 4 is 21.7 Å². The topological polar surface area (TPSA) is 127 Å². The van der Waals surface area contributed by atoms with Crippen molar-refractivity contribution in [1.82, 2.24) is 25.0 Å². The molecule has 2 heterocycles. The fourth-order valence-electron chi connectivity index (χ4n) is 4.29. The summed E-state index contributed by atoms with van der Waals surface area (Å²) in [5, 5.41) is 9.08. The lowest BCUT2D eigenvalue weighted by Gasteiger charge is -2.18. The van der Waals surface area contributed by atoms with Crippen molar-refractivity contribution in [3.05, 3.63) is 99.6 Å². The monoisotopic (exact) mass is 600 g/mol. The predicted molar refractivity (Wildman–Crippen MR) is 151 cm³/mol. The van der Waals surface area contributed by atoms with Gasteiger partial charge in [0, 0.05) is 54.9 Å². The average Bonchev–Trinajstić information content (AvgIpc) is 3.37. The Hall–Kier alpha value is -4.72. The van der Waals surface area contributed by atoms with Crippen molar-refractivity contribution in [2.24, 2.45) is 11.4 Å². The molecule has 0 spiro atoms. The fourth-order valence-corrected chi connectivity index (χ4v) is 5.44. The van der Waals surface area contributed by atoms with Crippen molar-refractivity contribution in [3.63, 3.8) is 0 Å². The fraction of sp³-hybridized carbons (Fsp3) is 0.214. The number of aromatic nitrogens is 3. The van der Waals surface area contributed by atoms with E-state index in [0.29, 0.717) is 27.4 Å². The van der Waals surface area contributed by atoms with Gasteiger partial charge in [0.25, 0.3) is 11.5 Å². The normalized spacial score (nSPS) is 12.8. The largest absolute Gasteiger partial charge is 0.416 e. The second kappa shape index (κ2) is 11.6. The lowest BCUT2D eigenvalue weighted by molar-refractivity contribution is -0.137. The lowest BCUT2D eigenvalue weighted by atomic mass is 10.1. The third-order valence-electron chi connectivity index (χ3n) is 6.51.